The molecule has 138 valence electrons. The van der Waals surface area contributed by atoms with E-state index in [2.05, 4.69) is 10.2 Å². The number of benzene rings is 1. The van der Waals surface area contributed by atoms with Gasteiger partial charge in [0.25, 0.3) is 0 Å². The van der Waals surface area contributed by atoms with Gasteiger partial charge in [0.2, 0.25) is 0 Å². The fraction of sp³-hybridized carbons (Fsp3) is 0.421. The zero-order valence-electron chi connectivity index (χ0n) is 15.7. The molecule has 1 N–H and O–H groups in total. The Bertz CT molecular complexity index is 884. The molecule has 0 bridgehead atoms. The summed E-state index contributed by atoms with van der Waals surface area (Å²) in [6, 6.07) is 7.85. The summed E-state index contributed by atoms with van der Waals surface area (Å²) in [5, 5.41) is 19.2. The van der Waals surface area contributed by atoms with Gasteiger partial charge in [-0.3, -0.25) is 4.68 Å². The quantitative estimate of drug-likeness (QED) is 0.704. The minimum Gasteiger partial charge on any atom is -0.496 e. The fourth-order valence-electron chi connectivity index (χ4n) is 2.96. The molecule has 0 unspecified atom stereocenters. The molecule has 26 heavy (non-hydrogen) atoms. The van der Waals surface area contributed by atoms with E-state index in [1.807, 2.05) is 51.4 Å². The maximum atomic E-state index is 10.1. The second-order valence-corrected chi connectivity index (χ2v) is 6.39. The van der Waals surface area contributed by atoms with Crippen LogP contribution in [0.5, 0.6) is 5.75 Å². The SMILES string of the molecule is CC[C@@H](O)Cn1nc(Cc2ccccc2OC)nc1-c1cn(C)nc1C. The van der Waals surface area contributed by atoms with Gasteiger partial charge >= 0.3 is 0 Å². The Balaban J connectivity index is 1.99. The highest BCUT2D eigenvalue weighted by atomic mass is 16.5. The van der Waals surface area contributed by atoms with Gasteiger partial charge in [-0.15, -0.1) is 0 Å². The number of methoxy groups -OCH3 is 1. The van der Waals surface area contributed by atoms with Crippen molar-refractivity contribution in [2.24, 2.45) is 7.05 Å². The van der Waals surface area contributed by atoms with E-state index < -0.39 is 6.10 Å². The standard InChI is InChI=1S/C19H25N5O2/c1-5-15(25)11-24-19(16-12-23(3)21-13(16)2)20-18(22-24)10-14-8-6-7-9-17(14)26-4/h6-9,12,15,25H,5,10-11H2,1-4H3/t15-/m1/s1. The zero-order valence-corrected chi connectivity index (χ0v) is 15.7. The van der Waals surface area contributed by atoms with Gasteiger partial charge in [-0.1, -0.05) is 25.1 Å². The lowest BCUT2D eigenvalue weighted by Crippen LogP contribution is -2.17. The molecule has 1 atom stereocenters. The molecule has 2 heterocycles. The van der Waals surface area contributed by atoms with E-state index in [4.69, 9.17) is 9.72 Å². The third kappa shape index (κ3) is 3.77. The van der Waals surface area contributed by atoms with Crippen molar-refractivity contribution in [1.82, 2.24) is 24.5 Å². The molecule has 0 saturated carbocycles. The third-order valence-corrected chi connectivity index (χ3v) is 4.37. The Labute approximate surface area is 153 Å². The Morgan fingerprint density at radius 3 is 2.65 bits per heavy atom. The van der Waals surface area contributed by atoms with Crippen LogP contribution in [0.15, 0.2) is 30.5 Å². The van der Waals surface area contributed by atoms with Crippen molar-refractivity contribution >= 4 is 0 Å². The van der Waals surface area contributed by atoms with Crippen LogP contribution in [0.2, 0.25) is 0 Å². The molecule has 1 aromatic carbocycles. The first kappa shape index (κ1) is 18.1. The second-order valence-electron chi connectivity index (χ2n) is 6.39. The number of aliphatic hydroxyl groups is 1. The average Bonchev–Trinajstić information content (AvgIpc) is 3.17. The summed E-state index contributed by atoms with van der Waals surface area (Å²) in [4.78, 5) is 4.74. The molecule has 0 saturated heterocycles. The van der Waals surface area contributed by atoms with E-state index in [1.165, 1.54) is 0 Å². The number of aliphatic hydroxyl groups excluding tert-OH is 1. The van der Waals surface area contributed by atoms with Crippen molar-refractivity contribution in [2.45, 2.75) is 39.3 Å². The van der Waals surface area contributed by atoms with Gasteiger partial charge in [0.1, 0.15) is 5.75 Å². The van der Waals surface area contributed by atoms with Crippen LogP contribution in [-0.4, -0.2) is 42.9 Å². The summed E-state index contributed by atoms with van der Waals surface area (Å²) >= 11 is 0. The number of hydrogen-bond acceptors (Lipinski definition) is 5. The number of nitrogens with zero attached hydrogens (tertiary/aromatic N) is 5. The summed E-state index contributed by atoms with van der Waals surface area (Å²) in [5.41, 5.74) is 2.84. The highest BCUT2D eigenvalue weighted by Crippen LogP contribution is 2.24. The number of para-hydroxylation sites is 1. The summed E-state index contributed by atoms with van der Waals surface area (Å²) in [7, 11) is 3.54. The molecule has 0 aliphatic rings. The Kier molecular flexibility index (Phi) is 5.37. The van der Waals surface area contributed by atoms with Gasteiger partial charge in [-0.2, -0.15) is 10.2 Å². The van der Waals surface area contributed by atoms with Crippen LogP contribution in [0.4, 0.5) is 0 Å². The zero-order chi connectivity index (χ0) is 18.7. The lowest BCUT2D eigenvalue weighted by molar-refractivity contribution is 0.145. The van der Waals surface area contributed by atoms with E-state index in [-0.39, 0.29) is 0 Å². The number of hydrogen-bond donors (Lipinski definition) is 1. The van der Waals surface area contributed by atoms with Crippen LogP contribution in [0.3, 0.4) is 0 Å². The first-order valence-electron chi connectivity index (χ1n) is 8.76. The van der Waals surface area contributed by atoms with Crippen molar-refractivity contribution < 1.29 is 9.84 Å². The van der Waals surface area contributed by atoms with Crippen LogP contribution in [0.25, 0.3) is 11.4 Å². The monoisotopic (exact) mass is 355 g/mol. The van der Waals surface area contributed by atoms with Crippen LogP contribution in [0, 0.1) is 6.92 Å². The Morgan fingerprint density at radius 2 is 2.00 bits per heavy atom. The molecule has 0 amide bonds. The summed E-state index contributed by atoms with van der Waals surface area (Å²) in [6.45, 7) is 4.30. The first-order chi connectivity index (χ1) is 12.5. The summed E-state index contributed by atoms with van der Waals surface area (Å²) < 4.78 is 8.97. The largest absolute Gasteiger partial charge is 0.496 e. The molecule has 3 rings (SSSR count). The van der Waals surface area contributed by atoms with Gasteiger partial charge in [0.05, 0.1) is 31.0 Å². The molecule has 0 radical (unpaired) electrons. The lowest BCUT2D eigenvalue weighted by Gasteiger charge is -2.09. The van der Waals surface area contributed by atoms with Crippen LogP contribution in [-0.2, 0) is 20.0 Å². The molecule has 0 spiro atoms. The molecule has 0 fully saturated rings. The van der Waals surface area contributed by atoms with Crippen molar-refractivity contribution in [1.29, 1.82) is 0 Å². The molecule has 2 aromatic heterocycles. The van der Waals surface area contributed by atoms with E-state index in [0.29, 0.717) is 25.2 Å². The van der Waals surface area contributed by atoms with E-state index >= 15 is 0 Å². The summed E-state index contributed by atoms with van der Waals surface area (Å²) in [6.07, 6.45) is 2.69. The van der Waals surface area contributed by atoms with Gasteiger partial charge in [0, 0.05) is 25.2 Å². The number of aryl methyl sites for hydroxylation is 2. The van der Waals surface area contributed by atoms with Crippen LogP contribution < -0.4 is 4.74 Å². The molecule has 7 heteroatoms. The number of ether oxygens (including phenoxy) is 1. The molecular formula is C19H25N5O2. The van der Waals surface area contributed by atoms with Gasteiger partial charge in [-0.25, -0.2) is 9.67 Å². The van der Waals surface area contributed by atoms with Gasteiger partial charge < -0.3 is 9.84 Å². The average molecular weight is 355 g/mol. The maximum absolute atomic E-state index is 10.1. The second kappa shape index (κ2) is 7.70. The van der Waals surface area contributed by atoms with Crippen molar-refractivity contribution in [2.75, 3.05) is 7.11 Å². The van der Waals surface area contributed by atoms with Crippen molar-refractivity contribution in [3.8, 4) is 17.1 Å². The van der Waals surface area contributed by atoms with E-state index in [1.54, 1.807) is 16.5 Å². The third-order valence-electron chi connectivity index (χ3n) is 4.37. The first-order valence-corrected chi connectivity index (χ1v) is 8.76. The lowest BCUT2D eigenvalue weighted by atomic mass is 10.1. The minimum atomic E-state index is -0.466. The molecule has 3 aromatic rings. The smallest absolute Gasteiger partial charge is 0.161 e. The Hall–Kier alpha value is -2.67. The van der Waals surface area contributed by atoms with E-state index in [0.717, 1.165) is 28.4 Å². The number of rotatable bonds is 7. The molecule has 7 nitrogen and oxygen atoms in total. The van der Waals surface area contributed by atoms with Gasteiger partial charge in [-0.05, 0) is 19.4 Å². The topological polar surface area (TPSA) is 78.0 Å². The van der Waals surface area contributed by atoms with Crippen LogP contribution >= 0.6 is 0 Å². The van der Waals surface area contributed by atoms with E-state index in [9.17, 15) is 5.11 Å². The van der Waals surface area contributed by atoms with Gasteiger partial charge in [0.15, 0.2) is 11.6 Å². The summed E-state index contributed by atoms with van der Waals surface area (Å²) in [5.74, 6) is 2.24. The predicted molar refractivity (Wildman–Crippen MR) is 99.1 cm³/mol. The van der Waals surface area contributed by atoms with Crippen molar-refractivity contribution in [3.63, 3.8) is 0 Å². The maximum Gasteiger partial charge on any atom is 0.161 e. The number of aromatic nitrogens is 5. The highest BCUT2D eigenvalue weighted by Gasteiger charge is 2.19. The molecular weight excluding hydrogens is 330 g/mol. The predicted octanol–water partition coefficient (Wildman–Crippen LogP) is 2.36. The highest BCUT2D eigenvalue weighted by molar-refractivity contribution is 5.57. The Morgan fingerprint density at radius 1 is 1.23 bits per heavy atom. The van der Waals surface area contributed by atoms with Crippen molar-refractivity contribution in [3.05, 3.63) is 47.5 Å². The minimum absolute atomic E-state index is 0.402. The fourth-order valence-corrected chi connectivity index (χ4v) is 2.96. The van der Waals surface area contributed by atoms with Crippen LogP contribution in [0.1, 0.15) is 30.4 Å². The molecule has 0 aliphatic carbocycles. The normalized spacial score (nSPS) is 12.3. The molecule has 0 aliphatic heterocycles.